The van der Waals surface area contributed by atoms with Crippen molar-refractivity contribution < 1.29 is 4.74 Å². The molecule has 20 heavy (non-hydrogen) atoms. The third kappa shape index (κ3) is 3.29. The minimum Gasteiger partial charge on any atom is -0.383 e. The van der Waals surface area contributed by atoms with Crippen molar-refractivity contribution in [1.29, 1.82) is 0 Å². The molecule has 4 nitrogen and oxygen atoms in total. The molecule has 1 heterocycles. The van der Waals surface area contributed by atoms with Crippen molar-refractivity contribution in [3.05, 3.63) is 45.7 Å². The number of ether oxygens (including phenoxy) is 1. The normalized spacial score (nSPS) is 11.0. The van der Waals surface area contributed by atoms with E-state index in [9.17, 15) is 0 Å². The van der Waals surface area contributed by atoms with E-state index in [0.717, 1.165) is 34.6 Å². The van der Waals surface area contributed by atoms with Gasteiger partial charge in [0.1, 0.15) is 0 Å². The Morgan fingerprint density at radius 2 is 2.05 bits per heavy atom. The minimum atomic E-state index is 0.716. The summed E-state index contributed by atoms with van der Waals surface area (Å²) in [5.74, 6) is 0. The molecule has 1 N–H and O–H groups in total. The van der Waals surface area contributed by atoms with Gasteiger partial charge in [0.05, 0.1) is 28.2 Å². The number of hydrogen-bond donors (Lipinski definition) is 1. The Kier molecular flexibility index (Phi) is 5.34. The maximum Gasteiger partial charge on any atom is 0.0743 e. The molecule has 0 unspecified atom stereocenters. The molecule has 0 aliphatic carbocycles. The summed E-state index contributed by atoms with van der Waals surface area (Å²) in [5.41, 5.74) is 4.46. The first kappa shape index (κ1) is 15.2. The van der Waals surface area contributed by atoms with Gasteiger partial charge in [-0.25, -0.2) is 4.68 Å². The van der Waals surface area contributed by atoms with Gasteiger partial charge in [-0.05, 0) is 41.4 Å². The highest BCUT2D eigenvalue weighted by Gasteiger charge is 2.12. The Bertz CT molecular complexity index is 580. The molecule has 1 aromatic carbocycles. The number of aromatic nitrogens is 2. The Morgan fingerprint density at radius 3 is 2.70 bits per heavy atom. The van der Waals surface area contributed by atoms with Crippen LogP contribution in [0.2, 0.25) is 0 Å². The van der Waals surface area contributed by atoms with E-state index in [1.54, 1.807) is 7.11 Å². The largest absolute Gasteiger partial charge is 0.383 e. The van der Waals surface area contributed by atoms with Crippen LogP contribution in [-0.4, -0.2) is 30.0 Å². The summed E-state index contributed by atoms with van der Waals surface area (Å²) in [5, 5.41) is 7.98. The molecule has 2 aromatic rings. The number of rotatable bonds is 6. The van der Waals surface area contributed by atoms with Gasteiger partial charge < -0.3 is 10.1 Å². The van der Waals surface area contributed by atoms with Crippen LogP contribution < -0.4 is 5.32 Å². The summed E-state index contributed by atoms with van der Waals surface area (Å²) in [6, 6.07) is 8.31. The molecule has 2 rings (SSSR count). The lowest BCUT2D eigenvalue weighted by molar-refractivity contribution is 0.199. The molecule has 0 saturated carbocycles. The topological polar surface area (TPSA) is 39.1 Å². The molecule has 0 spiro atoms. The third-order valence-corrected chi connectivity index (χ3v) is 4.37. The molecular formula is C15H20BrN3O. The Morgan fingerprint density at radius 1 is 1.30 bits per heavy atom. The van der Waals surface area contributed by atoms with Gasteiger partial charge in [0.2, 0.25) is 0 Å². The highest BCUT2D eigenvalue weighted by molar-refractivity contribution is 9.10. The van der Waals surface area contributed by atoms with Gasteiger partial charge in [0, 0.05) is 20.2 Å². The van der Waals surface area contributed by atoms with Crippen molar-refractivity contribution >= 4 is 15.9 Å². The molecule has 0 amide bonds. The van der Waals surface area contributed by atoms with Crippen molar-refractivity contribution in [2.45, 2.75) is 20.4 Å². The minimum absolute atomic E-state index is 0.716. The van der Waals surface area contributed by atoms with E-state index in [0.29, 0.717) is 6.61 Å². The second-order valence-electron chi connectivity index (χ2n) is 4.69. The van der Waals surface area contributed by atoms with Crippen molar-refractivity contribution in [2.75, 3.05) is 20.3 Å². The van der Waals surface area contributed by atoms with Crippen molar-refractivity contribution in [1.82, 2.24) is 15.1 Å². The molecule has 5 heteroatoms. The highest BCUT2D eigenvalue weighted by atomic mass is 79.9. The quantitative estimate of drug-likeness (QED) is 0.823. The number of halogens is 1. The zero-order valence-corrected chi connectivity index (χ0v) is 13.7. The molecule has 0 aliphatic rings. The SMILES string of the molecule is COCCNCc1ccccc1-n1nc(C)c(Br)c1C. The van der Waals surface area contributed by atoms with Crippen molar-refractivity contribution in [3.63, 3.8) is 0 Å². The van der Waals surface area contributed by atoms with Gasteiger partial charge >= 0.3 is 0 Å². The lowest BCUT2D eigenvalue weighted by Crippen LogP contribution is -2.19. The summed E-state index contributed by atoms with van der Waals surface area (Å²) in [4.78, 5) is 0. The molecule has 0 fully saturated rings. The first-order valence-corrected chi connectivity index (χ1v) is 7.44. The van der Waals surface area contributed by atoms with Crippen LogP contribution >= 0.6 is 15.9 Å². The number of benzene rings is 1. The van der Waals surface area contributed by atoms with Gasteiger partial charge in [0.15, 0.2) is 0 Å². The number of nitrogens with zero attached hydrogens (tertiary/aromatic N) is 2. The van der Waals surface area contributed by atoms with E-state index in [1.165, 1.54) is 5.56 Å². The first-order valence-electron chi connectivity index (χ1n) is 6.64. The van der Waals surface area contributed by atoms with Crippen molar-refractivity contribution in [3.8, 4) is 5.69 Å². The molecular weight excluding hydrogens is 318 g/mol. The van der Waals surface area contributed by atoms with E-state index >= 15 is 0 Å². The van der Waals surface area contributed by atoms with Crippen LogP contribution in [0, 0.1) is 13.8 Å². The number of nitrogens with one attached hydrogen (secondary N) is 1. The molecule has 0 saturated heterocycles. The van der Waals surface area contributed by atoms with Crippen LogP contribution in [0.5, 0.6) is 0 Å². The Hall–Kier alpha value is -1.17. The second-order valence-corrected chi connectivity index (χ2v) is 5.49. The lowest BCUT2D eigenvalue weighted by atomic mass is 10.1. The van der Waals surface area contributed by atoms with Gasteiger partial charge in [-0.3, -0.25) is 0 Å². The van der Waals surface area contributed by atoms with E-state index in [4.69, 9.17) is 4.74 Å². The van der Waals surface area contributed by atoms with E-state index in [-0.39, 0.29) is 0 Å². The summed E-state index contributed by atoms with van der Waals surface area (Å²) >= 11 is 3.58. The summed E-state index contributed by atoms with van der Waals surface area (Å²) in [6.07, 6.45) is 0. The van der Waals surface area contributed by atoms with Crippen LogP contribution in [0.3, 0.4) is 0 Å². The molecule has 0 atom stereocenters. The lowest BCUT2D eigenvalue weighted by Gasteiger charge is -2.12. The zero-order chi connectivity index (χ0) is 14.5. The average Bonchev–Trinajstić information content (AvgIpc) is 2.72. The Labute approximate surface area is 128 Å². The monoisotopic (exact) mass is 337 g/mol. The van der Waals surface area contributed by atoms with Gasteiger partial charge in [-0.1, -0.05) is 18.2 Å². The van der Waals surface area contributed by atoms with E-state index < -0.39 is 0 Å². The smallest absolute Gasteiger partial charge is 0.0743 e. The van der Waals surface area contributed by atoms with Crippen molar-refractivity contribution in [2.24, 2.45) is 0 Å². The third-order valence-electron chi connectivity index (χ3n) is 3.22. The molecule has 0 radical (unpaired) electrons. The first-order chi connectivity index (χ1) is 9.65. The van der Waals surface area contributed by atoms with Crippen LogP contribution in [0.15, 0.2) is 28.7 Å². The molecule has 1 aromatic heterocycles. The van der Waals surface area contributed by atoms with Crippen LogP contribution in [0.25, 0.3) is 5.69 Å². The standard InChI is InChI=1S/C15H20BrN3O/c1-11-15(16)12(2)19(18-11)14-7-5-4-6-13(14)10-17-8-9-20-3/h4-7,17H,8-10H2,1-3H3. The molecule has 108 valence electrons. The predicted molar refractivity (Wildman–Crippen MR) is 84.3 cm³/mol. The van der Waals surface area contributed by atoms with Gasteiger partial charge in [-0.15, -0.1) is 0 Å². The van der Waals surface area contributed by atoms with Gasteiger partial charge in [0.25, 0.3) is 0 Å². The van der Waals surface area contributed by atoms with Gasteiger partial charge in [-0.2, -0.15) is 5.10 Å². The number of hydrogen-bond acceptors (Lipinski definition) is 3. The second kappa shape index (κ2) is 7.02. The maximum absolute atomic E-state index is 5.05. The summed E-state index contributed by atoms with van der Waals surface area (Å²) in [7, 11) is 1.71. The van der Waals surface area contributed by atoms with E-state index in [1.807, 2.05) is 17.7 Å². The fourth-order valence-electron chi connectivity index (χ4n) is 2.12. The number of aryl methyl sites for hydroxylation is 1. The summed E-state index contributed by atoms with van der Waals surface area (Å²) < 4.78 is 8.11. The Balaban J connectivity index is 2.25. The van der Waals surface area contributed by atoms with Crippen LogP contribution in [0.1, 0.15) is 17.0 Å². The number of para-hydroxylation sites is 1. The fourth-order valence-corrected chi connectivity index (χ4v) is 2.37. The molecule has 0 bridgehead atoms. The molecule has 0 aliphatic heterocycles. The van der Waals surface area contributed by atoms with Crippen LogP contribution in [-0.2, 0) is 11.3 Å². The van der Waals surface area contributed by atoms with Crippen LogP contribution in [0.4, 0.5) is 0 Å². The van der Waals surface area contributed by atoms with E-state index in [2.05, 4.69) is 51.5 Å². The maximum atomic E-state index is 5.05. The summed E-state index contributed by atoms with van der Waals surface area (Å²) in [6.45, 7) is 6.43. The fraction of sp³-hybridized carbons (Fsp3) is 0.400. The average molecular weight is 338 g/mol. The predicted octanol–water partition coefficient (Wildman–Crippen LogP) is 2.99. The zero-order valence-electron chi connectivity index (χ0n) is 12.1. The number of methoxy groups -OCH3 is 1. The highest BCUT2D eigenvalue weighted by Crippen LogP contribution is 2.24.